The van der Waals surface area contributed by atoms with Gasteiger partial charge in [0.25, 0.3) is 0 Å². The second-order valence-electron chi connectivity index (χ2n) is 4.70. The Hall–Kier alpha value is -1.89. The summed E-state index contributed by atoms with van der Waals surface area (Å²) in [6.07, 6.45) is -3.62. The van der Waals surface area contributed by atoms with E-state index in [1.54, 1.807) is 13.0 Å². The summed E-state index contributed by atoms with van der Waals surface area (Å²) in [5.41, 5.74) is 0.246. The van der Waals surface area contributed by atoms with Crippen LogP contribution in [-0.2, 0) is 12.6 Å². The van der Waals surface area contributed by atoms with E-state index in [0.717, 1.165) is 26.8 Å². The summed E-state index contributed by atoms with van der Waals surface area (Å²) in [6.45, 7) is 3.66. The minimum absolute atomic E-state index is 0.212. The molecule has 110 valence electrons. The van der Waals surface area contributed by atoms with Gasteiger partial charge in [0.15, 0.2) is 11.3 Å². The zero-order valence-electron chi connectivity index (χ0n) is 11.4. The molecule has 21 heavy (non-hydrogen) atoms. The Labute approximate surface area is 123 Å². The first-order valence-corrected chi connectivity index (χ1v) is 7.24. The molecule has 0 atom stereocenters. The zero-order chi connectivity index (χ0) is 15.2. The van der Waals surface area contributed by atoms with E-state index in [1.807, 2.05) is 19.1 Å². The minimum Gasteiger partial charge on any atom is -0.228 e. The fourth-order valence-electron chi connectivity index (χ4n) is 2.12. The second-order valence-corrected chi connectivity index (χ2v) is 5.87. The summed E-state index contributed by atoms with van der Waals surface area (Å²) in [6, 6.07) is 6.34. The number of hydrogen-bond donors (Lipinski definition) is 0. The molecule has 7 heteroatoms. The van der Waals surface area contributed by atoms with Gasteiger partial charge in [-0.2, -0.15) is 18.3 Å². The van der Waals surface area contributed by atoms with Crippen LogP contribution in [0.5, 0.6) is 0 Å². The van der Waals surface area contributed by atoms with Crippen LogP contribution in [0.15, 0.2) is 24.3 Å². The number of aromatic nitrogens is 3. The number of fused-ring (bicyclic) bond motifs is 1. The van der Waals surface area contributed by atoms with E-state index in [4.69, 9.17) is 0 Å². The molecule has 3 aromatic rings. The Morgan fingerprint density at radius 3 is 2.62 bits per heavy atom. The molecule has 0 aliphatic rings. The topological polar surface area (TPSA) is 30.2 Å². The molecule has 0 aliphatic heterocycles. The lowest BCUT2D eigenvalue weighted by Gasteiger charge is -2.10. The Balaban J connectivity index is 2.24. The molecule has 0 spiro atoms. The molecule has 3 aromatic heterocycles. The van der Waals surface area contributed by atoms with Gasteiger partial charge in [0, 0.05) is 10.9 Å². The summed E-state index contributed by atoms with van der Waals surface area (Å²) in [5.74, 6) is 0. The molecule has 0 aromatic carbocycles. The predicted octanol–water partition coefficient (Wildman–Crippen LogP) is 4.35. The van der Waals surface area contributed by atoms with E-state index >= 15 is 0 Å². The third-order valence-corrected chi connectivity index (χ3v) is 4.35. The Morgan fingerprint density at radius 2 is 2.00 bits per heavy atom. The Kier molecular flexibility index (Phi) is 3.24. The van der Waals surface area contributed by atoms with Crippen molar-refractivity contribution in [3.05, 3.63) is 40.5 Å². The van der Waals surface area contributed by atoms with Crippen LogP contribution in [0.25, 0.3) is 16.2 Å². The zero-order valence-corrected chi connectivity index (χ0v) is 12.2. The largest absolute Gasteiger partial charge is 0.433 e. The van der Waals surface area contributed by atoms with Gasteiger partial charge in [-0.15, -0.1) is 11.3 Å². The van der Waals surface area contributed by atoms with Gasteiger partial charge in [0.05, 0.1) is 16.3 Å². The van der Waals surface area contributed by atoms with Gasteiger partial charge in [-0.3, -0.25) is 0 Å². The van der Waals surface area contributed by atoms with Crippen molar-refractivity contribution in [2.24, 2.45) is 0 Å². The number of halogens is 3. The molecule has 0 unspecified atom stereocenters. The van der Waals surface area contributed by atoms with Crippen molar-refractivity contribution in [3.8, 4) is 10.6 Å². The van der Waals surface area contributed by atoms with Crippen LogP contribution in [0.4, 0.5) is 13.2 Å². The summed E-state index contributed by atoms with van der Waals surface area (Å²) in [5, 5.41) is 3.87. The summed E-state index contributed by atoms with van der Waals surface area (Å²) in [4.78, 5) is 6.15. The molecule has 0 saturated heterocycles. The summed E-state index contributed by atoms with van der Waals surface area (Å²) >= 11 is 1.46. The van der Waals surface area contributed by atoms with Crippen molar-refractivity contribution in [1.29, 1.82) is 0 Å². The highest BCUT2D eigenvalue weighted by Crippen LogP contribution is 2.34. The lowest BCUT2D eigenvalue weighted by atomic mass is 10.2. The SMILES string of the molecule is CCc1ccc(-c2cc(C(F)(F)F)n3nc(C)cc3n2)s1. The molecule has 0 N–H and O–H groups in total. The van der Waals surface area contributed by atoms with E-state index in [9.17, 15) is 13.2 Å². The fraction of sp³-hybridized carbons (Fsp3) is 0.286. The first kappa shape index (κ1) is 14.1. The van der Waals surface area contributed by atoms with Gasteiger partial charge in [0.1, 0.15) is 0 Å². The first-order valence-electron chi connectivity index (χ1n) is 6.42. The van der Waals surface area contributed by atoms with Crippen LogP contribution in [-0.4, -0.2) is 14.6 Å². The van der Waals surface area contributed by atoms with Gasteiger partial charge >= 0.3 is 6.18 Å². The van der Waals surface area contributed by atoms with E-state index < -0.39 is 11.9 Å². The van der Waals surface area contributed by atoms with Gasteiger partial charge < -0.3 is 0 Å². The smallest absolute Gasteiger partial charge is 0.228 e. The van der Waals surface area contributed by atoms with E-state index in [-0.39, 0.29) is 5.65 Å². The van der Waals surface area contributed by atoms with E-state index in [1.165, 1.54) is 11.3 Å². The van der Waals surface area contributed by atoms with Crippen molar-refractivity contribution in [1.82, 2.24) is 14.6 Å². The van der Waals surface area contributed by atoms with Gasteiger partial charge in [-0.05, 0) is 31.5 Å². The molecule has 0 amide bonds. The normalized spacial score (nSPS) is 12.2. The summed E-state index contributed by atoms with van der Waals surface area (Å²) < 4.78 is 40.5. The van der Waals surface area contributed by atoms with Crippen LogP contribution in [0, 0.1) is 6.92 Å². The maximum absolute atomic E-state index is 13.2. The lowest BCUT2D eigenvalue weighted by molar-refractivity contribution is -0.142. The maximum Gasteiger partial charge on any atom is 0.433 e. The molecule has 0 fully saturated rings. The molecule has 0 saturated carbocycles. The van der Waals surface area contributed by atoms with Crippen LogP contribution < -0.4 is 0 Å². The number of nitrogens with zero attached hydrogens (tertiary/aromatic N) is 3. The third-order valence-electron chi connectivity index (χ3n) is 3.10. The van der Waals surface area contributed by atoms with Crippen molar-refractivity contribution in [3.63, 3.8) is 0 Å². The Morgan fingerprint density at radius 1 is 1.24 bits per heavy atom. The first-order chi connectivity index (χ1) is 9.88. The highest BCUT2D eigenvalue weighted by molar-refractivity contribution is 7.15. The standard InChI is InChI=1S/C14H12F3N3S/c1-3-9-4-5-11(21-9)10-7-12(14(15,16)17)20-13(18-10)6-8(2)19-20/h4-7H,3H2,1-2H3. The minimum atomic E-state index is -4.47. The number of thiophene rings is 1. The monoisotopic (exact) mass is 311 g/mol. The van der Waals surface area contributed by atoms with Crippen molar-refractivity contribution >= 4 is 17.0 Å². The van der Waals surface area contributed by atoms with Crippen LogP contribution in [0.2, 0.25) is 0 Å². The Bertz CT molecular complexity index is 801. The molecular weight excluding hydrogens is 299 g/mol. The molecule has 3 rings (SSSR count). The lowest BCUT2D eigenvalue weighted by Crippen LogP contribution is -2.13. The average Bonchev–Trinajstić information content (AvgIpc) is 3.00. The van der Waals surface area contributed by atoms with Gasteiger partial charge in [0.2, 0.25) is 0 Å². The molecule has 0 aliphatic carbocycles. The predicted molar refractivity (Wildman–Crippen MR) is 75.4 cm³/mol. The van der Waals surface area contributed by atoms with Crippen LogP contribution in [0.1, 0.15) is 23.2 Å². The number of hydrogen-bond acceptors (Lipinski definition) is 3. The molecule has 3 heterocycles. The maximum atomic E-state index is 13.2. The number of alkyl halides is 3. The van der Waals surface area contributed by atoms with Crippen LogP contribution >= 0.6 is 11.3 Å². The number of rotatable bonds is 2. The summed E-state index contributed by atoms with van der Waals surface area (Å²) in [7, 11) is 0. The highest BCUT2D eigenvalue weighted by Gasteiger charge is 2.35. The van der Waals surface area contributed by atoms with Gasteiger partial charge in [-0.25, -0.2) is 9.50 Å². The molecular formula is C14H12F3N3S. The number of aryl methyl sites for hydroxylation is 2. The third kappa shape index (κ3) is 2.53. The molecule has 3 nitrogen and oxygen atoms in total. The van der Waals surface area contributed by atoms with Crippen LogP contribution in [0.3, 0.4) is 0 Å². The molecule has 0 radical (unpaired) electrons. The molecule has 0 bridgehead atoms. The average molecular weight is 311 g/mol. The fourth-order valence-corrected chi connectivity index (χ4v) is 3.03. The van der Waals surface area contributed by atoms with E-state index in [0.29, 0.717) is 11.4 Å². The highest BCUT2D eigenvalue weighted by atomic mass is 32.1. The quantitative estimate of drug-likeness (QED) is 0.704. The second kappa shape index (κ2) is 4.84. The van der Waals surface area contributed by atoms with Crippen molar-refractivity contribution in [2.75, 3.05) is 0 Å². The van der Waals surface area contributed by atoms with Crippen molar-refractivity contribution in [2.45, 2.75) is 26.4 Å². The van der Waals surface area contributed by atoms with E-state index in [2.05, 4.69) is 10.1 Å². The van der Waals surface area contributed by atoms with Gasteiger partial charge in [-0.1, -0.05) is 6.92 Å². The van der Waals surface area contributed by atoms with Crippen molar-refractivity contribution < 1.29 is 13.2 Å².